The molecule has 0 bridgehead atoms. The zero-order valence-corrected chi connectivity index (χ0v) is 16.9. The van der Waals surface area contributed by atoms with Crippen LogP contribution in [0.4, 0.5) is 0 Å². The minimum atomic E-state index is 0.00439. The quantitative estimate of drug-likeness (QED) is 0.534. The smallest absolute Gasteiger partial charge is 0.220 e. The van der Waals surface area contributed by atoms with Crippen LogP contribution in [0.2, 0.25) is 0 Å². The molecule has 148 valence electrons. The van der Waals surface area contributed by atoms with Crippen LogP contribution in [-0.4, -0.2) is 5.91 Å². The van der Waals surface area contributed by atoms with Crippen LogP contribution in [-0.2, 0) is 17.6 Å². The molecule has 0 saturated heterocycles. The molecule has 2 nitrogen and oxygen atoms in total. The molecule has 3 aromatic rings. The van der Waals surface area contributed by atoms with Crippen LogP contribution in [0.5, 0.6) is 0 Å². The number of rotatable bonds is 7. The van der Waals surface area contributed by atoms with Crippen LogP contribution >= 0.6 is 0 Å². The zero-order chi connectivity index (χ0) is 19.9. The van der Waals surface area contributed by atoms with Gasteiger partial charge in [0.1, 0.15) is 0 Å². The fourth-order valence-electron chi connectivity index (χ4n) is 4.51. The van der Waals surface area contributed by atoms with Crippen molar-refractivity contribution in [1.82, 2.24) is 5.32 Å². The van der Waals surface area contributed by atoms with Crippen LogP contribution < -0.4 is 5.32 Å². The van der Waals surface area contributed by atoms with Crippen molar-refractivity contribution in [1.29, 1.82) is 0 Å². The lowest BCUT2D eigenvalue weighted by atomic mass is 9.80. The molecule has 29 heavy (non-hydrogen) atoms. The molecule has 2 unspecified atom stereocenters. The van der Waals surface area contributed by atoms with Crippen LogP contribution in [0.3, 0.4) is 0 Å². The van der Waals surface area contributed by atoms with Crippen molar-refractivity contribution < 1.29 is 4.79 Å². The minimum absolute atomic E-state index is 0.00439. The van der Waals surface area contributed by atoms with Crippen molar-refractivity contribution >= 4 is 5.91 Å². The number of hydrogen-bond acceptors (Lipinski definition) is 1. The van der Waals surface area contributed by atoms with Crippen LogP contribution in [0.1, 0.15) is 59.9 Å². The number of hydrogen-bond donors (Lipinski definition) is 1. The lowest BCUT2D eigenvalue weighted by Crippen LogP contribution is -2.30. The van der Waals surface area contributed by atoms with Gasteiger partial charge in [0, 0.05) is 6.42 Å². The third-order valence-electron chi connectivity index (χ3n) is 6.03. The van der Waals surface area contributed by atoms with Gasteiger partial charge in [-0.3, -0.25) is 4.79 Å². The monoisotopic (exact) mass is 383 g/mol. The van der Waals surface area contributed by atoms with Crippen LogP contribution in [0.15, 0.2) is 84.9 Å². The van der Waals surface area contributed by atoms with E-state index >= 15 is 0 Å². The van der Waals surface area contributed by atoms with Gasteiger partial charge < -0.3 is 5.32 Å². The highest BCUT2D eigenvalue weighted by atomic mass is 16.1. The van der Waals surface area contributed by atoms with Crippen molar-refractivity contribution in [3.63, 3.8) is 0 Å². The summed E-state index contributed by atoms with van der Waals surface area (Å²) in [7, 11) is 0. The highest BCUT2D eigenvalue weighted by Gasteiger charge is 2.21. The second-order valence-corrected chi connectivity index (χ2v) is 8.05. The predicted octanol–water partition coefficient (Wildman–Crippen LogP) is 5.99. The van der Waals surface area contributed by atoms with Gasteiger partial charge in [0.05, 0.1) is 6.04 Å². The summed E-state index contributed by atoms with van der Waals surface area (Å²) in [4.78, 5) is 12.9. The van der Waals surface area contributed by atoms with Gasteiger partial charge >= 0.3 is 0 Å². The first-order valence-corrected chi connectivity index (χ1v) is 10.8. The van der Waals surface area contributed by atoms with E-state index in [-0.39, 0.29) is 11.9 Å². The van der Waals surface area contributed by atoms with Crippen LogP contribution in [0, 0.1) is 0 Å². The summed E-state index contributed by atoms with van der Waals surface area (Å²) in [6.45, 7) is 0. The van der Waals surface area contributed by atoms with Gasteiger partial charge in [-0.2, -0.15) is 0 Å². The Balaban J connectivity index is 1.41. The van der Waals surface area contributed by atoms with E-state index in [1.165, 1.54) is 36.0 Å². The van der Waals surface area contributed by atoms with Crippen molar-refractivity contribution in [3.05, 3.63) is 107 Å². The Morgan fingerprint density at radius 1 is 0.897 bits per heavy atom. The molecule has 0 saturated carbocycles. The van der Waals surface area contributed by atoms with E-state index in [1.54, 1.807) is 0 Å². The Labute approximate surface area is 174 Å². The second-order valence-electron chi connectivity index (χ2n) is 8.05. The number of carbonyl (C=O) groups excluding carboxylic acids is 1. The first-order chi connectivity index (χ1) is 14.3. The number of fused-ring (bicyclic) bond motifs is 1. The molecule has 0 spiro atoms. The van der Waals surface area contributed by atoms with Crippen molar-refractivity contribution in [2.45, 2.75) is 50.5 Å². The fraction of sp³-hybridized carbons (Fsp3) is 0.296. The normalized spacial score (nSPS) is 16.6. The maximum atomic E-state index is 12.9. The molecule has 0 heterocycles. The Morgan fingerprint density at radius 2 is 1.59 bits per heavy atom. The first-order valence-electron chi connectivity index (χ1n) is 10.8. The SMILES string of the molecule is O=C(CCC1CCCc2ccccc21)NC(Cc1ccccc1)c1ccccc1. The number of aryl methyl sites for hydroxylation is 1. The third kappa shape index (κ3) is 5.14. The number of amides is 1. The molecule has 1 amide bonds. The minimum Gasteiger partial charge on any atom is -0.349 e. The summed E-state index contributed by atoms with van der Waals surface area (Å²) in [6, 6.07) is 29.4. The van der Waals surface area contributed by atoms with Crippen molar-refractivity contribution in [2.75, 3.05) is 0 Å². The first kappa shape index (κ1) is 19.4. The molecule has 0 aromatic heterocycles. The maximum Gasteiger partial charge on any atom is 0.220 e. The standard InChI is InChI=1S/C27H29NO/c29-27(19-18-23-16-9-15-22-12-7-8-17-25(22)23)28-26(24-13-5-2-6-14-24)20-21-10-3-1-4-11-21/h1-8,10-14,17,23,26H,9,15-16,18-20H2,(H,28,29). The number of benzene rings is 3. The van der Waals surface area contributed by atoms with E-state index in [0.717, 1.165) is 18.4 Å². The average molecular weight is 384 g/mol. The van der Waals surface area contributed by atoms with Crippen molar-refractivity contribution in [2.24, 2.45) is 0 Å². The highest BCUT2D eigenvalue weighted by Crippen LogP contribution is 2.34. The number of nitrogens with one attached hydrogen (secondary N) is 1. The Kier molecular flexibility index (Phi) is 6.41. The molecular formula is C27H29NO. The van der Waals surface area contributed by atoms with E-state index in [0.29, 0.717) is 12.3 Å². The molecule has 1 aliphatic carbocycles. The summed E-state index contributed by atoms with van der Waals surface area (Å²) in [5, 5.41) is 3.31. The van der Waals surface area contributed by atoms with Crippen LogP contribution in [0.25, 0.3) is 0 Å². The van der Waals surface area contributed by atoms with E-state index in [2.05, 4.69) is 66.0 Å². The molecule has 0 aliphatic heterocycles. The summed E-state index contributed by atoms with van der Waals surface area (Å²) in [5.74, 6) is 0.660. The Bertz CT molecular complexity index is 920. The summed E-state index contributed by atoms with van der Waals surface area (Å²) in [6.07, 6.45) is 5.90. The maximum absolute atomic E-state index is 12.9. The molecule has 2 heteroatoms. The van der Waals surface area contributed by atoms with Gasteiger partial charge in [-0.25, -0.2) is 0 Å². The van der Waals surface area contributed by atoms with Gasteiger partial charge in [-0.1, -0.05) is 84.9 Å². The lowest BCUT2D eigenvalue weighted by Gasteiger charge is -2.26. The summed E-state index contributed by atoms with van der Waals surface area (Å²) < 4.78 is 0. The van der Waals surface area contributed by atoms with E-state index in [1.807, 2.05) is 24.3 Å². The van der Waals surface area contributed by atoms with E-state index < -0.39 is 0 Å². The van der Waals surface area contributed by atoms with Gasteiger partial charge in [0.2, 0.25) is 5.91 Å². The molecule has 4 rings (SSSR count). The molecule has 1 aliphatic rings. The Hall–Kier alpha value is -2.87. The lowest BCUT2D eigenvalue weighted by molar-refractivity contribution is -0.122. The topological polar surface area (TPSA) is 29.1 Å². The molecule has 0 radical (unpaired) electrons. The molecule has 3 aromatic carbocycles. The second kappa shape index (κ2) is 9.56. The molecule has 0 fully saturated rings. The predicted molar refractivity (Wildman–Crippen MR) is 119 cm³/mol. The zero-order valence-electron chi connectivity index (χ0n) is 16.9. The summed E-state index contributed by atoms with van der Waals surface area (Å²) >= 11 is 0. The van der Waals surface area contributed by atoms with Gasteiger partial charge in [-0.15, -0.1) is 0 Å². The van der Waals surface area contributed by atoms with Crippen molar-refractivity contribution in [3.8, 4) is 0 Å². The number of carbonyl (C=O) groups is 1. The molecular weight excluding hydrogens is 354 g/mol. The molecule has 2 atom stereocenters. The Morgan fingerprint density at radius 3 is 2.38 bits per heavy atom. The van der Waals surface area contributed by atoms with Gasteiger partial charge in [0.15, 0.2) is 0 Å². The van der Waals surface area contributed by atoms with Gasteiger partial charge in [-0.05, 0) is 60.3 Å². The third-order valence-corrected chi connectivity index (χ3v) is 6.03. The van der Waals surface area contributed by atoms with E-state index in [9.17, 15) is 4.79 Å². The largest absolute Gasteiger partial charge is 0.349 e. The fourth-order valence-corrected chi connectivity index (χ4v) is 4.51. The van der Waals surface area contributed by atoms with E-state index in [4.69, 9.17) is 0 Å². The average Bonchev–Trinajstić information content (AvgIpc) is 2.78. The summed E-state index contributed by atoms with van der Waals surface area (Å²) in [5.41, 5.74) is 5.32. The molecule has 1 N–H and O–H groups in total. The van der Waals surface area contributed by atoms with Gasteiger partial charge in [0.25, 0.3) is 0 Å². The highest BCUT2D eigenvalue weighted by molar-refractivity contribution is 5.76.